The standard InChI is InChI=1S/C11H16BrN3O3S2/c1-15(8-4-5-13-6-8)10(16)7-14-20(17,18)11-3-2-9(12)19-11/h2-3,8,13-14H,4-7H2,1H3. The minimum atomic E-state index is -3.62. The number of carbonyl (C=O) groups excluding carboxylic acids is 1. The summed E-state index contributed by atoms with van der Waals surface area (Å²) in [6.45, 7) is 1.43. The molecular formula is C11H16BrN3O3S2. The highest BCUT2D eigenvalue weighted by Crippen LogP contribution is 2.25. The maximum atomic E-state index is 12.0. The summed E-state index contributed by atoms with van der Waals surface area (Å²) in [5.74, 6) is -0.224. The van der Waals surface area contributed by atoms with Crippen molar-refractivity contribution >= 4 is 43.2 Å². The van der Waals surface area contributed by atoms with E-state index in [-0.39, 0.29) is 22.7 Å². The van der Waals surface area contributed by atoms with Crippen molar-refractivity contribution in [3.8, 4) is 0 Å². The molecule has 0 radical (unpaired) electrons. The minimum absolute atomic E-state index is 0.142. The van der Waals surface area contributed by atoms with Gasteiger partial charge in [0.2, 0.25) is 5.91 Å². The van der Waals surface area contributed by atoms with Gasteiger partial charge in [0, 0.05) is 19.6 Å². The van der Waals surface area contributed by atoms with Crippen LogP contribution < -0.4 is 10.0 Å². The lowest BCUT2D eigenvalue weighted by molar-refractivity contribution is -0.130. The Morgan fingerprint density at radius 2 is 2.35 bits per heavy atom. The van der Waals surface area contributed by atoms with Crippen molar-refractivity contribution in [1.29, 1.82) is 0 Å². The van der Waals surface area contributed by atoms with E-state index < -0.39 is 10.0 Å². The van der Waals surface area contributed by atoms with Gasteiger partial charge in [-0.25, -0.2) is 13.1 Å². The van der Waals surface area contributed by atoms with Gasteiger partial charge < -0.3 is 10.2 Å². The van der Waals surface area contributed by atoms with Crippen molar-refractivity contribution in [2.45, 2.75) is 16.7 Å². The molecule has 1 aliphatic rings. The molecule has 0 saturated carbocycles. The summed E-state index contributed by atoms with van der Waals surface area (Å²) in [6, 6.07) is 3.31. The second-order valence-electron chi connectivity index (χ2n) is 4.53. The number of sulfonamides is 1. The van der Waals surface area contributed by atoms with Gasteiger partial charge in [0.05, 0.1) is 10.3 Å². The summed E-state index contributed by atoms with van der Waals surface area (Å²) in [7, 11) is -1.91. The lowest BCUT2D eigenvalue weighted by Gasteiger charge is -2.23. The Morgan fingerprint density at radius 1 is 1.60 bits per heavy atom. The molecule has 9 heteroatoms. The van der Waals surface area contributed by atoms with E-state index in [1.165, 1.54) is 6.07 Å². The molecule has 1 atom stereocenters. The van der Waals surface area contributed by atoms with Gasteiger partial charge in [0.25, 0.3) is 10.0 Å². The van der Waals surface area contributed by atoms with E-state index in [9.17, 15) is 13.2 Å². The Hall–Kier alpha value is -0.480. The Balaban J connectivity index is 1.92. The smallest absolute Gasteiger partial charge is 0.250 e. The van der Waals surface area contributed by atoms with E-state index in [0.717, 1.165) is 34.6 Å². The van der Waals surface area contributed by atoms with Crippen molar-refractivity contribution in [3.63, 3.8) is 0 Å². The molecule has 1 aliphatic heterocycles. The second-order valence-corrected chi connectivity index (χ2v) is 8.99. The number of amides is 1. The normalized spacial score (nSPS) is 19.2. The van der Waals surface area contributed by atoms with Crippen LogP contribution in [-0.4, -0.2) is 51.9 Å². The van der Waals surface area contributed by atoms with E-state index in [1.54, 1.807) is 18.0 Å². The van der Waals surface area contributed by atoms with E-state index in [1.807, 2.05) is 0 Å². The van der Waals surface area contributed by atoms with Gasteiger partial charge in [-0.05, 0) is 41.0 Å². The number of carbonyl (C=O) groups is 1. The summed E-state index contributed by atoms with van der Waals surface area (Å²) in [4.78, 5) is 13.6. The molecule has 2 rings (SSSR count). The molecular weight excluding hydrogens is 366 g/mol. The second kappa shape index (κ2) is 6.52. The lowest BCUT2D eigenvalue weighted by Crippen LogP contribution is -2.44. The fourth-order valence-electron chi connectivity index (χ4n) is 1.97. The van der Waals surface area contributed by atoms with Crippen LogP contribution in [0.5, 0.6) is 0 Å². The monoisotopic (exact) mass is 381 g/mol. The summed E-state index contributed by atoms with van der Waals surface area (Å²) in [5.41, 5.74) is 0. The highest BCUT2D eigenvalue weighted by molar-refractivity contribution is 9.11. The van der Waals surface area contributed by atoms with Crippen LogP contribution in [0.15, 0.2) is 20.1 Å². The summed E-state index contributed by atoms with van der Waals surface area (Å²) in [5, 5.41) is 3.17. The SMILES string of the molecule is CN(C(=O)CNS(=O)(=O)c1ccc(Br)s1)C1CCNC1. The predicted octanol–water partition coefficient (Wildman–Crippen LogP) is 0.609. The van der Waals surface area contributed by atoms with Gasteiger partial charge in [-0.2, -0.15) is 0 Å². The number of halogens is 1. The first-order chi connectivity index (χ1) is 9.40. The van der Waals surface area contributed by atoms with Crippen LogP contribution in [0.25, 0.3) is 0 Å². The molecule has 0 aromatic carbocycles. The van der Waals surface area contributed by atoms with E-state index in [0.29, 0.717) is 0 Å². The molecule has 1 saturated heterocycles. The van der Waals surface area contributed by atoms with Gasteiger partial charge in [0.1, 0.15) is 4.21 Å². The third-order valence-electron chi connectivity index (χ3n) is 3.20. The van der Waals surface area contributed by atoms with Gasteiger partial charge in [-0.1, -0.05) is 0 Å². The Labute approximate surface area is 130 Å². The van der Waals surface area contributed by atoms with Crippen LogP contribution in [0.1, 0.15) is 6.42 Å². The number of hydrogen-bond acceptors (Lipinski definition) is 5. The van der Waals surface area contributed by atoms with E-state index in [2.05, 4.69) is 26.0 Å². The van der Waals surface area contributed by atoms with Crippen molar-refractivity contribution in [3.05, 3.63) is 15.9 Å². The van der Waals surface area contributed by atoms with Gasteiger partial charge in [-0.15, -0.1) is 11.3 Å². The fraction of sp³-hybridized carbons (Fsp3) is 0.545. The van der Waals surface area contributed by atoms with Gasteiger partial charge in [-0.3, -0.25) is 4.79 Å². The Bertz CT molecular complexity index is 581. The zero-order valence-electron chi connectivity index (χ0n) is 10.9. The van der Waals surface area contributed by atoms with Crippen LogP contribution >= 0.6 is 27.3 Å². The van der Waals surface area contributed by atoms with Gasteiger partial charge in [0.15, 0.2) is 0 Å². The molecule has 1 aromatic heterocycles. The molecule has 1 aromatic rings. The van der Waals surface area contributed by atoms with Crippen molar-refractivity contribution in [2.24, 2.45) is 0 Å². The average molecular weight is 382 g/mol. The first-order valence-corrected chi connectivity index (χ1v) is 9.21. The zero-order valence-corrected chi connectivity index (χ0v) is 14.1. The highest BCUT2D eigenvalue weighted by Gasteiger charge is 2.24. The Morgan fingerprint density at radius 3 is 2.90 bits per heavy atom. The molecule has 2 heterocycles. The first kappa shape index (κ1) is 15.9. The number of likely N-dealkylation sites (N-methyl/N-ethyl adjacent to an activating group) is 1. The number of thiophene rings is 1. The molecule has 0 aliphatic carbocycles. The lowest BCUT2D eigenvalue weighted by atomic mass is 10.2. The number of rotatable bonds is 5. The quantitative estimate of drug-likeness (QED) is 0.782. The van der Waals surface area contributed by atoms with Crippen molar-refractivity contribution < 1.29 is 13.2 Å². The van der Waals surface area contributed by atoms with Crippen LogP contribution in [0, 0.1) is 0 Å². The van der Waals surface area contributed by atoms with E-state index >= 15 is 0 Å². The largest absolute Gasteiger partial charge is 0.340 e. The molecule has 0 bridgehead atoms. The maximum Gasteiger partial charge on any atom is 0.250 e. The fourth-order valence-corrected chi connectivity index (χ4v) is 5.00. The Kier molecular flexibility index (Phi) is 5.19. The maximum absolute atomic E-state index is 12.0. The highest BCUT2D eigenvalue weighted by atomic mass is 79.9. The molecule has 6 nitrogen and oxygen atoms in total. The van der Waals surface area contributed by atoms with E-state index in [4.69, 9.17) is 0 Å². The van der Waals surface area contributed by atoms with Crippen LogP contribution in [0.4, 0.5) is 0 Å². The minimum Gasteiger partial charge on any atom is -0.340 e. The van der Waals surface area contributed by atoms with Crippen molar-refractivity contribution in [1.82, 2.24) is 14.9 Å². The summed E-state index contributed by atoms with van der Waals surface area (Å²) >= 11 is 4.33. The number of nitrogens with zero attached hydrogens (tertiary/aromatic N) is 1. The molecule has 2 N–H and O–H groups in total. The first-order valence-electron chi connectivity index (χ1n) is 6.11. The third-order valence-corrected chi connectivity index (χ3v) is 6.72. The third kappa shape index (κ3) is 3.79. The zero-order chi connectivity index (χ0) is 14.8. The predicted molar refractivity (Wildman–Crippen MR) is 81.3 cm³/mol. The van der Waals surface area contributed by atoms with Crippen LogP contribution in [-0.2, 0) is 14.8 Å². The number of nitrogens with one attached hydrogen (secondary N) is 2. The van der Waals surface area contributed by atoms with Crippen LogP contribution in [0.3, 0.4) is 0 Å². The molecule has 0 spiro atoms. The number of hydrogen-bond donors (Lipinski definition) is 2. The van der Waals surface area contributed by atoms with Crippen molar-refractivity contribution in [2.75, 3.05) is 26.7 Å². The summed E-state index contributed by atoms with van der Waals surface area (Å²) in [6.07, 6.45) is 0.896. The molecule has 1 fully saturated rings. The molecule has 1 amide bonds. The molecule has 112 valence electrons. The van der Waals surface area contributed by atoms with Gasteiger partial charge >= 0.3 is 0 Å². The average Bonchev–Trinajstić information content (AvgIpc) is 3.06. The molecule has 1 unspecified atom stereocenters. The van der Waals surface area contributed by atoms with Crippen LogP contribution in [0.2, 0.25) is 0 Å². The topological polar surface area (TPSA) is 78.5 Å². The molecule has 20 heavy (non-hydrogen) atoms. The summed E-state index contributed by atoms with van der Waals surface area (Å²) < 4.78 is 27.3.